The predicted octanol–water partition coefficient (Wildman–Crippen LogP) is 3.25. The van der Waals surface area contributed by atoms with E-state index in [1.165, 1.54) is 10.7 Å². The summed E-state index contributed by atoms with van der Waals surface area (Å²) in [5, 5.41) is 3.97. The highest BCUT2D eigenvalue weighted by Gasteiger charge is 2.26. The Hall–Kier alpha value is -1.85. The summed E-state index contributed by atoms with van der Waals surface area (Å²) in [7, 11) is 0. The number of fused-ring (bicyclic) bond motifs is 1. The number of alkyl halides is 3. The van der Waals surface area contributed by atoms with E-state index in [1.54, 1.807) is 24.4 Å². The average molecular weight is 256 g/mol. The first-order valence-electron chi connectivity index (χ1n) is 5.50. The molecule has 0 radical (unpaired) electrons. The van der Waals surface area contributed by atoms with Crippen LogP contribution in [0.15, 0.2) is 30.6 Å². The second-order valence-corrected chi connectivity index (χ2v) is 3.98. The lowest BCUT2D eigenvalue weighted by atomic mass is 10.1. The molecule has 6 heteroatoms. The van der Waals surface area contributed by atoms with Gasteiger partial charge in [0.15, 0.2) is 5.78 Å². The van der Waals surface area contributed by atoms with Gasteiger partial charge < -0.3 is 0 Å². The summed E-state index contributed by atoms with van der Waals surface area (Å²) in [6, 6.07) is 5.23. The molecule has 0 unspecified atom stereocenters. The minimum absolute atomic E-state index is 0.115. The van der Waals surface area contributed by atoms with E-state index in [9.17, 15) is 18.0 Å². The third kappa shape index (κ3) is 2.88. The molecule has 2 rings (SSSR count). The van der Waals surface area contributed by atoms with Gasteiger partial charge in [-0.1, -0.05) is 6.07 Å². The molecular formula is C12H11F3N2O. The molecule has 0 spiro atoms. The van der Waals surface area contributed by atoms with Crippen LogP contribution in [0.1, 0.15) is 29.6 Å². The van der Waals surface area contributed by atoms with Gasteiger partial charge >= 0.3 is 6.18 Å². The van der Waals surface area contributed by atoms with Gasteiger partial charge in [-0.3, -0.25) is 4.79 Å². The number of hydrogen-bond donors (Lipinski definition) is 0. The molecule has 0 aliphatic carbocycles. The van der Waals surface area contributed by atoms with Crippen molar-refractivity contribution < 1.29 is 18.0 Å². The van der Waals surface area contributed by atoms with Gasteiger partial charge in [0.25, 0.3) is 0 Å². The molecule has 0 N–H and O–H groups in total. The van der Waals surface area contributed by atoms with Crippen molar-refractivity contribution in [2.45, 2.75) is 25.4 Å². The van der Waals surface area contributed by atoms with Crippen molar-refractivity contribution in [1.29, 1.82) is 0 Å². The van der Waals surface area contributed by atoms with Crippen molar-refractivity contribution in [3.05, 3.63) is 36.2 Å². The van der Waals surface area contributed by atoms with Gasteiger partial charge in [-0.25, -0.2) is 4.52 Å². The second kappa shape index (κ2) is 4.80. The second-order valence-electron chi connectivity index (χ2n) is 3.98. The Labute approximate surface area is 101 Å². The minimum atomic E-state index is -4.21. The monoisotopic (exact) mass is 256 g/mol. The number of carbonyl (C=O) groups excluding carboxylic acids is 1. The lowest BCUT2D eigenvalue weighted by molar-refractivity contribution is -0.135. The molecule has 0 amide bonds. The highest BCUT2D eigenvalue weighted by molar-refractivity contribution is 6.02. The first-order chi connectivity index (χ1) is 8.47. The molecule has 2 aromatic heterocycles. The number of rotatable bonds is 4. The van der Waals surface area contributed by atoms with Crippen LogP contribution in [-0.2, 0) is 0 Å². The maximum absolute atomic E-state index is 12.0. The van der Waals surface area contributed by atoms with Crippen molar-refractivity contribution >= 4 is 11.3 Å². The molecule has 0 aliphatic heterocycles. The van der Waals surface area contributed by atoms with E-state index in [0.717, 1.165) is 0 Å². The zero-order valence-corrected chi connectivity index (χ0v) is 9.44. The number of carbonyl (C=O) groups is 1. The maximum Gasteiger partial charge on any atom is 0.389 e. The predicted molar refractivity (Wildman–Crippen MR) is 59.4 cm³/mol. The van der Waals surface area contributed by atoms with Gasteiger partial charge in [-0.15, -0.1) is 0 Å². The number of pyridine rings is 1. The first-order valence-corrected chi connectivity index (χ1v) is 5.50. The van der Waals surface area contributed by atoms with Crippen LogP contribution in [0, 0.1) is 0 Å². The summed E-state index contributed by atoms with van der Waals surface area (Å²) in [4.78, 5) is 11.8. The first kappa shape index (κ1) is 12.6. The lowest BCUT2D eigenvalue weighted by Gasteiger charge is -2.04. The van der Waals surface area contributed by atoms with Gasteiger partial charge in [-0.05, 0) is 18.6 Å². The minimum Gasteiger partial charge on any atom is -0.294 e. The molecular weight excluding hydrogens is 245 g/mol. The normalized spacial score (nSPS) is 11.9. The number of nitrogens with zero attached hydrogens (tertiary/aromatic N) is 2. The van der Waals surface area contributed by atoms with E-state index in [2.05, 4.69) is 5.10 Å². The van der Waals surface area contributed by atoms with Gasteiger partial charge in [0.2, 0.25) is 0 Å². The number of aromatic nitrogens is 2. The zero-order chi connectivity index (χ0) is 13.2. The van der Waals surface area contributed by atoms with Gasteiger partial charge in [0.1, 0.15) is 0 Å². The van der Waals surface area contributed by atoms with Crippen molar-refractivity contribution in [2.24, 2.45) is 0 Å². The van der Waals surface area contributed by atoms with Crippen LogP contribution >= 0.6 is 0 Å². The molecule has 0 bridgehead atoms. The van der Waals surface area contributed by atoms with Crippen LogP contribution < -0.4 is 0 Å². The summed E-state index contributed by atoms with van der Waals surface area (Å²) in [5.41, 5.74) is 0.993. The van der Waals surface area contributed by atoms with Crippen molar-refractivity contribution in [2.75, 3.05) is 0 Å². The van der Waals surface area contributed by atoms with Crippen LogP contribution in [0.3, 0.4) is 0 Å². The fourth-order valence-electron chi connectivity index (χ4n) is 1.73. The van der Waals surface area contributed by atoms with Gasteiger partial charge in [-0.2, -0.15) is 18.3 Å². The Morgan fingerprint density at radius 2 is 2.11 bits per heavy atom. The van der Waals surface area contributed by atoms with Crippen LogP contribution in [-0.4, -0.2) is 21.6 Å². The van der Waals surface area contributed by atoms with Crippen LogP contribution in [0.5, 0.6) is 0 Å². The Balaban J connectivity index is 2.05. The third-order valence-electron chi connectivity index (χ3n) is 2.59. The van der Waals surface area contributed by atoms with E-state index in [-0.39, 0.29) is 18.6 Å². The maximum atomic E-state index is 12.0. The topological polar surface area (TPSA) is 34.4 Å². The smallest absolute Gasteiger partial charge is 0.294 e. The number of ketones is 1. The Morgan fingerprint density at radius 1 is 1.33 bits per heavy atom. The molecule has 3 nitrogen and oxygen atoms in total. The van der Waals surface area contributed by atoms with Crippen molar-refractivity contribution in [3.8, 4) is 0 Å². The quantitative estimate of drug-likeness (QED) is 0.787. The molecule has 0 saturated heterocycles. The van der Waals surface area contributed by atoms with Crippen LogP contribution in [0.25, 0.3) is 5.52 Å². The Morgan fingerprint density at radius 3 is 2.83 bits per heavy atom. The van der Waals surface area contributed by atoms with E-state index < -0.39 is 12.6 Å². The largest absolute Gasteiger partial charge is 0.389 e. The fraction of sp³-hybridized carbons (Fsp3) is 0.333. The van der Waals surface area contributed by atoms with E-state index in [4.69, 9.17) is 0 Å². The fourth-order valence-corrected chi connectivity index (χ4v) is 1.73. The molecule has 2 heterocycles. The average Bonchev–Trinajstić information content (AvgIpc) is 2.70. The molecule has 0 fully saturated rings. The summed E-state index contributed by atoms with van der Waals surface area (Å²) in [6.45, 7) is 0. The van der Waals surface area contributed by atoms with Crippen molar-refractivity contribution in [3.63, 3.8) is 0 Å². The Bertz CT molecular complexity index is 560. The van der Waals surface area contributed by atoms with Gasteiger partial charge in [0, 0.05) is 19.0 Å². The third-order valence-corrected chi connectivity index (χ3v) is 2.59. The van der Waals surface area contributed by atoms with E-state index >= 15 is 0 Å². The molecule has 0 aromatic carbocycles. The zero-order valence-electron chi connectivity index (χ0n) is 9.44. The standard InChI is InChI=1S/C12H11F3N2O/c13-12(14,15)6-3-5-11(18)9-8-16-17-7-2-1-4-10(9)17/h1-2,4,7-8H,3,5-6H2. The summed E-state index contributed by atoms with van der Waals surface area (Å²) in [5.74, 6) is -0.305. The molecule has 96 valence electrons. The lowest BCUT2D eigenvalue weighted by Crippen LogP contribution is -2.08. The van der Waals surface area contributed by atoms with Crippen molar-refractivity contribution in [1.82, 2.24) is 9.61 Å². The van der Waals surface area contributed by atoms with Crippen LogP contribution in [0.4, 0.5) is 13.2 Å². The summed E-state index contributed by atoms with van der Waals surface area (Å²) < 4.78 is 37.4. The molecule has 0 atom stereocenters. The van der Waals surface area contributed by atoms with E-state index in [1.807, 2.05) is 0 Å². The Kier molecular flexibility index (Phi) is 3.36. The van der Waals surface area contributed by atoms with E-state index in [0.29, 0.717) is 11.1 Å². The molecule has 18 heavy (non-hydrogen) atoms. The van der Waals surface area contributed by atoms with Crippen LogP contribution in [0.2, 0.25) is 0 Å². The summed E-state index contributed by atoms with van der Waals surface area (Å²) >= 11 is 0. The highest BCUT2D eigenvalue weighted by atomic mass is 19.4. The van der Waals surface area contributed by atoms with Gasteiger partial charge in [0.05, 0.1) is 17.3 Å². The highest BCUT2D eigenvalue weighted by Crippen LogP contribution is 2.23. The number of halogens is 3. The molecule has 2 aromatic rings. The molecule has 0 aliphatic rings. The molecule has 0 saturated carbocycles. The SMILES string of the molecule is O=C(CCCC(F)(F)F)c1cnn2ccccc12. The summed E-state index contributed by atoms with van der Waals surface area (Å²) in [6.07, 6.45) is -2.37. The number of hydrogen-bond acceptors (Lipinski definition) is 2. The number of Topliss-reactive ketones (excluding diaryl/α,β-unsaturated/α-hetero) is 1.